The molecule has 1 aliphatic heterocycles. The Bertz CT molecular complexity index is 579. The summed E-state index contributed by atoms with van der Waals surface area (Å²) >= 11 is 1.62. The molecule has 0 radical (unpaired) electrons. The van der Waals surface area contributed by atoms with E-state index in [4.69, 9.17) is 5.73 Å². The Kier molecular flexibility index (Phi) is 3.05. The van der Waals surface area contributed by atoms with Crippen LogP contribution >= 0.6 is 11.8 Å². The molecular weight excluding hydrogens is 258 g/mol. The molecule has 0 saturated heterocycles. The van der Waals surface area contributed by atoms with Crippen LogP contribution in [0.25, 0.3) is 0 Å². The van der Waals surface area contributed by atoms with Gasteiger partial charge in [-0.1, -0.05) is 19.9 Å². The Morgan fingerprint density at radius 1 is 1.41 bits per heavy atom. The first-order valence-electron chi connectivity index (χ1n) is 5.07. The molecule has 1 aromatic rings. The molecule has 3 N–H and O–H groups in total. The van der Waals surface area contributed by atoms with Crippen molar-refractivity contribution >= 4 is 33.5 Å². The molecule has 1 heterocycles. The molecule has 0 saturated carbocycles. The number of nitrogens with two attached hydrogens (primary N) is 1. The van der Waals surface area contributed by atoms with E-state index < -0.39 is 10.2 Å². The highest BCUT2D eigenvalue weighted by atomic mass is 32.2. The average molecular weight is 271 g/mol. The molecule has 0 aliphatic carbocycles. The number of fused-ring (bicyclic) bond motifs is 1. The van der Waals surface area contributed by atoms with E-state index >= 15 is 0 Å². The Labute approximate surface area is 105 Å². The molecule has 0 spiro atoms. The van der Waals surface area contributed by atoms with Crippen LogP contribution in [0.4, 0.5) is 5.69 Å². The fourth-order valence-electron chi connectivity index (χ4n) is 1.57. The molecule has 2 rings (SSSR count). The number of hydrogen-bond acceptors (Lipinski definition) is 4. The molecule has 1 aromatic carbocycles. The third-order valence-electron chi connectivity index (χ3n) is 2.10. The lowest BCUT2D eigenvalue weighted by atomic mass is 10.1. The van der Waals surface area contributed by atoms with Crippen LogP contribution in [0, 0.1) is 0 Å². The van der Waals surface area contributed by atoms with E-state index in [1.165, 1.54) is 0 Å². The topological polar surface area (TPSA) is 84.5 Å². The molecule has 92 valence electrons. The number of nitrogens with one attached hydrogen (secondary N) is 1. The number of nitrogens with zero attached hydrogens (tertiary/aromatic N) is 1. The summed E-state index contributed by atoms with van der Waals surface area (Å²) < 4.78 is 28.6. The summed E-state index contributed by atoms with van der Waals surface area (Å²) in [6, 6.07) is 5.38. The molecular formula is C10H13N3O2S2. The highest BCUT2D eigenvalue weighted by Crippen LogP contribution is 2.33. The van der Waals surface area contributed by atoms with Crippen molar-refractivity contribution in [1.82, 2.24) is 0 Å². The predicted molar refractivity (Wildman–Crippen MR) is 70.7 cm³/mol. The van der Waals surface area contributed by atoms with Crippen LogP contribution in [0.2, 0.25) is 0 Å². The van der Waals surface area contributed by atoms with Gasteiger partial charge in [0.25, 0.3) is 0 Å². The van der Waals surface area contributed by atoms with Crippen LogP contribution in [0.3, 0.4) is 0 Å². The summed E-state index contributed by atoms with van der Waals surface area (Å²) in [5, 5.41) is 0.382. The maximum Gasteiger partial charge on any atom is 0.344 e. The standard InChI is InChI=1S/C10H13N3O2S2/c1-6(2)16-8-5-3-4-7-9(8)10(11)13-17(14,15)12-7/h3-6,12H,1-2H3,(H2,11,13). The Balaban J connectivity index is 2.56. The summed E-state index contributed by atoms with van der Waals surface area (Å²) in [7, 11) is -3.69. The van der Waals surface area contributed by atoms with Gasteiger partial charge in [0.05, 0.1) is 11.3 Å². The van der Waals surface area contributed by atoms with Crippen molar-refractivity contribution in [2.45, 2.75) is 24.0 Å². The van der Waals surface area contributed by atoms with Crippen LogP contribution in [0.1, 0.15) is 19.4 Å². The van der Waals surface area contributed by atoms with Gasteiger partial charge in [0, 0.05) is 10.1 Å². The van der Waals surface area contributed by atoms with E-state index in [0.717, 1.165) is 4.90 Å². The molecule has 5 nitrogen and oxygen atoms in total. The lowest BCUT2D eigenvalue weighted by Gasteiger charge is -2.19. The predicted octanol–water partition coefficient (Wildman–Crippen LogP) is 1.56. The Morgan fingerprint density at radius 2 is 2.12 bits per heavy atom. The van der Waals surface area contributed by atoms with Gasteiger partial charge in [-0.3, -0.25) is 4.72 Å². The third kappa shape index (κ3) is 2.55. The molecule has 0 amide bonds. The zero-order valence-corrected chi connectivity index (χ0v) is 11.1. The lowest BCUT2D eigenvalue weighted by Crippen LogP contribution is -2.27. The second kappa shape index (κ2) is 4.23. The van der Waals surface area contributed by atoms with E-state index in [0.29, 0.717) is 16.5 Å². The van der Waals surface area contributed by atoms with Crippen molar-refractivity contribution in [2.24, 2.45) is 10.1 Å². The zero-order valence-electron chi connectivity index (χ0n) is 9.47. The first-order valence-corrected chi connectivity index (χ1v) is 7.39. The lowest BCUT2D eigenvalue weighted by molar-refractivity contribution is 0.602. The smallest absolute Gasteiger partial charge is 0.344 e. The molecule has 1 aliphatic rings. The SMILES string of the molecule is CC(C)Sc1cccc2c1C(N)=NS(=O)(=O)N2. The first kappa shape index (κ1) is 12.3. The van der Waals surface area contributed by atoms with Gasteiger partial charge >= 0.3 is 10.2 Å². The van der Waals surface area contributed by atoms with Crippen LogP contribution in [0.15, 0.2) is 27.5 Å². The number of anilines is 1. The Morgan fingerprint density at radius 3 is 2.76 bits per heavy atom. The van der Waals surface area contributed by atoms with Crippen LogP contribution in [-0.2, 0) is 10.2 Å². The van der Waals surface area contributed by atoms with Crippen LogP contribution in [0.5, 0.6) is 0 Å². The summed E-state index contributed by atoms with van der Waals surface area (Å²) in [6.07, 6.45) is 0. The minimum absolute atomic E-state index is 0.0440. The number of amidine groups is 1. The van der Waals surface area contributed by atoms with E-state index in [-0.39, 0.29) is 5.84 Å². The number of thioether (sulfide) groups is 1. The number of hydrogen-bond donors (Lipinski definition) is 2. The minimum atomic E-state index is -3.69. The van der Waals surface area contributed by atoms with Gasteiger partial charge in [-0.25, -0.2) is 0 Å². The fraction of sp³-hybridized carbons (Fsp3) is 0.300. The van der Waals surface area contributed by atoms with Gasteiger partial charge in [0.2, 0.25) is 0 Å². The maximum absolute atomic E-state index is 11.4. The normalized spacial score (nSPS) is 17.2. The maximum atomic E-state index is 11.4. The first-order chi connectivity index (χ1) is 7.89. The van der Waals surface area contributed by atoms with Crippen molar-refractivity contribution in [3.05, 3.63) is 23.8 Å². The van der Waals surface area contributed by atoms with Gasteiger partial charge in [0.15, 0.2) is 0 Å². The molecule has 0 unspecified atom stereocenters. The van der Waals surface area contributed by atoms with Crippen molar-refractivity contribution < 1.29 is 8.42 Å². The van der Waals surface area contributed by atoms with Gasteiger partial charge in [-0.05, 0) is 12.1 Å². The van der Waals surface area contributed by atoms with E-state index in [1.54, 1.807) is 23.9 Å². The van der Waals surface area contributed by atoms with Crippen molar-refractivity contribution in [3.8, 4) is 0 Å². The second-order valence-corrected chi connectivity index (χ2v) is 6.85. The van der Waals surface area contributed by atoms with Crippen molar-refractivity contribution in [1.29, 1.82) is 0 Å². The molecule has 7 heteroatoms. The molecule has 0 atom stereocenters. The highest BCUT2D eigenvalue weighted by Gasteiger charge is 2.23. The molecule has 17 heavy (non-hydrogen) atoms. The van der Waals surface area contributed by atoms with Gasteiger partial charge in [-0.15, -0.1) is 16.2 Å². The largest absolute Gasteiger partial charge is 0.382 e. The Hall–Kier alpha value is -1.21. The molecule has 0 fully saturated rings. The van der Waals surface area contributed by atoms with E-state index in [1.807, 2.05) is 6.07 Å². The summed E-state index contributed by atoms with van der Waals surface area (Å²) in [4.78, 5) is 0.932. The second-order valence-electron chi connectivity index (χ2n) is 3.90. The van der Waals surface area contributed by atoms with Gasteiger partial charge in [0.1, 0.15) is 5.84 Å². The quantitative estimate of drug-likeness (QED) is 0.799. The number of rotatable bonds is 2. The third-order valence-corrected chi connectivity index (χ3v) is 4.08. The van der Waals surface area contributed by atoms with Crippen LogP contribution < -0.4 is 10.5 Å². The zero-order chi connectivity index (χ0) is 12.6. The van der Waals surface area contributed by atoms with Crippen molar-refractivity contribution in [3.63, 3.8) is 0 Å². The summed E-state index contributed by atoms with van der Waals surface area (Å²) in [5.41, 5.74) is 6.87. The summed E-state index contributed by atoms with van der Waals surface area (Å²) in [6.45, 7) is 4.12. The molecule has 0 aromatic heterocycles. The summed E-state index contributed by atoms with van der Waals surface area (Å²) in [5.74, 6) is 0.0440. The van der Waals surface area contributed by atoms with Gasteiger partial charge in [-0.2, -0.15) is 8.42 Å². The van der Waals surface area contributed by atoms with Crippen molar-refractivity contribution in [2.75, 3.05) is 4.72 Å². The highest BCUT2D eigenvalue weighted by molar-refractivity contribution is 8.00. The van der Waals surface area contributed by atoms with Gasteiger partial charge < -0.3 is 5.73 Å². The minimum Gasteiger partial charge on any atom is -0.382 e. The molecule has 0 bridgehead atoms. The van der Waals surface area contributed by atoms with E-state index in [2.05, 4.69) is 23.0 Å². The fourth-order valence-corrected chi connectivity index (χ4v) is 3.41. The monoisotopic (exact) mass is 271 g/mol. The van der Waals surface area contributed by atoms with E-state index in [9.17, 15) is 8.42 Å². The average Bonchev–Trinajstić information content (AvgIpc) is 2.13. The number of benzene rings is 1. The van der Waals surface area contributed by atoms with Crippen LogP contribution in [-0.4, -0.2) is 19.5 Å².